The first kappa shape index (κ1) is 14.5. The van der Waals surface area contributed by atoms with E-state index < -0.39 is 6.03 Å². The molecule has 0 aliphatic rings. The highest BCUT2D eigenvalue weighted by molar-refractivity contribution is 6.42. The van der Waals surface area contributed by atoms with Crippen molar-refractivity contribution in [2.24, 2.45) is 5.73 Å². The van der Waals surface area contributed by atoms with Crippen LogP contribution in [0.1, 0.15) is 5.56 Å². The highest BCUT2D eigenvalue weighted by Crippen LogP contribution is 2.26. The average molecular weight is 310 g/mol. The van der Waals surface area contributed by atoms with Crippen LogP contribution in [0.25, 0.3) is 0 Å². The van der Waals surface area contributed by atoms with Crippen LogP contribution < -0.4 is 16.4 Å². The zero-order chi connectivity index (χ0) is 14.5. The van der Waals surface area contributed by atoms with Crippen LogP contribution in [0.2, 0.25) is 10.0 Å². The van der Waals surface area contributed by atoms with Gasteiger partial charge in [-0.15, -0.1) is 0 Å². The van der Waals surface area contributed by atoms with E-state index in [2.05, 4.69) is 10.6 Å². The molecular formula is C14H13Cl2N3O. The molecule has 2 amide bonds. The summed E-state index contributed by atoms with van der Waals surface area (Å²) < 4.78 is 0. The summed E-state index contributed by atoms with van der Waals surface area (Å²) in [6.07, 6.45) is 0. The normalized spacial score (nSPS) is 10.1. The van der Waals surface area contributed by atoms with Crippen molar-refractivity contribution >= 4 is 40.6 Å². The van der Waals surface area contributed by atoms with E-state index >= 15 is 0 Å². The SMILES string of the molecule is NC(=O)Nc1ccc(NCc2cccc(Cl)c2Cl)cc1. The van der Waals surface area contributed by atoms with Crippen LogP contribution in [0.4, 0.5) is 16.2 Å². The van der Waals surface area contributed by atoms with Gasteiger partial charge in [-0.05, 0) is 35.9 Å². The second-order valence-electron chi connectivity index (χ2n) is 4.13. The first-order valence-corrected chi connectivity index (χ1v) is 6.65. The van der Waals surface area contributed by atoms with Gasteiger partial charge in [0.2, 0.25) is 0 Å². The summed E-state index contributed by atoms with van der Waals surface area (Å²) in [5.41, 5.74) is 7.49. The molecule has 0 spiro atoms. The summed E-state index contributed by atoms with van der Waals surface area (Å²) in [5, 5.41) is 6.80. The number of amides is 2. The Morgan fingerprint density at radius 3 is 2.35 bits per heavy atom. The van der Waals surface area contributed by atoms with E-state index in [0.717, 1.165) is 11.3 Å². The summed E-state index contributed by atoms with van der Waals surface area (Å²) in [7, 11) is 0. The minimum absolute atomic E-state index is 0.534. The van der Waals surface area contributed by atoms with Crippen molar-refractivity contribution in [2.45, 2.75) is 6.54 Å². The van der Waals surface area contributed by atoms with Crippen LogP contribution in [-0.4, -0.2) is 6.03 Å². The fraction of sp³-hybridized carbons (Fsp3) is 0.0714. The maximum atomic E-state index is 10.7. The van der Waals surface area contributed by atoms with Crippen LogP contribution in [-0.2, 0) is 6.54 Å². The summed E-state index contributed by atoms with van der Waals surface area (Å²) in [4.78, 5) is 10.7. The minimum Gasteiger partial charge on any atom is -0.381 e. The highest BCUT2D eigenvalue weighted by atomic mass is 35.5. The molecule has 2 aromatic rings. The van der Waals surface area contributed by atoms with Gasteiger partial charge in [0, 0.05) is 17.9 Å². The van der Waals surface area contributed by atoms with E-state index in [1.54, 1.807) is 18.2 Å². The van der Waals surface area contributed by atoms with Crippen LogP contribution >= 0.6 is 23.2 Å². The molecule has 20 heavy (non-hydrogen) atoms. The van der Waals surface area contributed by atoms with Gasteiger partial charge in [0.15, 0.2) is 0 Å². The van der Waals surface area contributed by atoms with Crippen molar-refractivity contribution in [1.82, 2.24) is 0 Å². The number of halogens is 2. The molecule has 0 atom stereocenters. The van der Waals surface area contributed by atoms with Crippen molar-refractivity contribution in [3.05, 3.63) is 58.1 Å². The molecule has 0 radical (unpaired) electrons. The lowest BCUT2D eigenvalue weighted by Gasteiger charge is -2.09. The molecule has 0 fully saturated rings. The molecule has 0 saturated carbocycles. The van der Waals surface area contributed by atoms with Gasteiger partial charge in [-0.25, -0.2) is 4.79 Å². The summed E-state index contributed by atoms with van der Waals surface area (Å²) >= 11 is 12.1. The van der Waals surface area contributed by atoms with Crippen molar-refractivity contribution in [2.75, 3.05) is 10.6 Å². The van der Waals surface area contributed by atoms with Gasteiger partial charge in [0.05, 0.1) is 10.0 Å². The third kappa shape index (κ3) is 3.79. The summed E-state index contributed by atoms with van der Waals surface area (Å²) in [6, 6.07) is 12.1. The molecule has 0 aliphatic heterocycles. The molecule has 104 valence electrons. The van der Waals surface area contributed by atoms with E-state index in [9.17, 15) is 4.79 Å². The molecular weight excluding hydrogens is 297 g/mol. The Morgan fingerprint density at radius 2 is 1.70 bits per heavy atom. The van der Waals surface area contributed by atoms with Crippen LogP contribution in [0.5, 0.6) is 0 Å². The lowest BCUT2D eigenvalue weighted by atomic mass is 10.2. The highest BCUT2D eigenvalue weighted by Gasteiger charge is 2.04. The van der Waals surface area contributed by atoms with Crippen LogP contribution in [0, 0.1) is 0 Å². The van der Waals surface area contributed by atoms with E-state index in [1.165, 1.54) is 0 Å². The van der Waals surface area contributed by atoms with Gasteiger partial charge in [0.1, 0.15) is 0 Å². The molecule has 6 heteroatoms. The maximum Gasteiger partial charge on any atom is 0.316 e. The number of nitrogens with one attached hydrogen (secondary N) is 2. The quantitative estimate of drug-likeness (QED) is 0.796. The van der Waals surface area contributed by atoms with Gasteiger partial charge < -0.3 is 16.4 Å². The van der Waals surface area contributed by atoms with Gasteiger partial charge in [0.25, 0.3) is 0 Å². The predicted molar refractivity (Wildman–Crippen MR) is 83.4 cm³/mol. The molecule has 2 aromatic carbocycles. The molecule has 4 nitrogen and oxygen atoms in total. The Labute approximate surface area is 126 Å². The van der Waals surface area contributed by atoms with Crippen molar-refractivity contribution in [3.63, 3.8) is 0 Å². The summed E-state index contributed by atoms with van der Waals surface area (Å²) in [6.45, 7) is 0.558. The third-order valence-corrected chi connectivity index (χ3v) is 3.53. The molecule has 4 N–H and O–H groups in total. The number of carbonyl (C=O) groups is 1. The van der Waals surface area contributed by atoms with Gasteiger partial charge in [-0.1, -0.05) is 35.3 Å². The van der Waals surface area contributed by atoms with E-state index in [0.29, 0.717) is 22.3 Å². The Balaban J connectivity index is 2.00. The van der Waals surface area contributed by atoms with Crippen LogP contribution in [0.3, 0.4) is 0 Å². The van der Waals surface area contributed by atoms with E-state index in [-0.39, 0.29) is 0 Å². The largest absolute Gasteiger partial charge is 0.381 e. The summed E-state index contributed by atoms with van der Waals surface area (Å²) in [5.74, 6) is 0. The van der Waals surface area contributed by atoms with Gasteiger partial charge >= 0.3 is 6.03 Å². The molecule has 0 aromatic heterocycles. The van der Waals surface area contributed by atoms with Crippen molar-refractivity contribution < 1.29 is 4.79 Å². The van der Waals surface area contributed by atoms with Crippen molar-refractivity contribution in [3.8, 4) is 0 Å². The van der Waals surface area contributed by atoms with Gasteiger partial charge in [-0.2, -0.15) is 0 Å². The Bertz CT molecular complexity index is 614. The number of anilines is 2. The zero-order valence-corrected chi connectivity index (χ0v) is 12.0. The monoisotopic (exact) mass is 309 g/mol. The smallest absolute Gasteiger partial charge is 0.316 e. The van der Waals surface area contributed by atoms with Crippen LogP contribution in [0.15, 0.2) is 42.5 Å². The first-order chi connectivity index (χ1) is 9.56. The average Bonchev–Trinajstić information content (AvgIpc) is 2.41. The predicted octanol–water partition coefficient (Wildman–Crippen LogP) is 4.10. The minimum atomic E-state index is -0.587. The number of nitrogens with two attached hydrogens (primary N) is 1. The Hall–Kier alpha value is -1.91. The maximum absolute atomic E-state index is 10.7. The fourth-order valence-corrected chi connectivity index (χ4v) is 2.08. The van der Waals surface area contributed by atoms with Gasteiger partial charge in [-0.3, -0.25) is 0 Å². The number of hydrogen-bond acceptors (Lipinski definition) is 2. The fourth-order valence-electron chi connectivity index (χ4n) is 1.70. The number of benzene rings is 2. The standard InChI is InChI=1S/C14H13Cl2N3O/c15-12-3-1-2-9(13(12)16)8-18-10-4-6-11(7-5-10)19-14(17)20/h1-7,18H,8H2,(H3,17,19,20). The molecule has 0 bridgehead atoms. The molecule has 0 heterocycles. The second kappa shape index (κ2) is 6.50. The lowest BCUT2D eigenvalue weighted by Crippen LogP contribution is -2.19. The number of urea groups is 1. The second-order valence-corrected chi connectivity index (χ2v) is 4.92. The molecule has 0 unspecified atom stereocenters. The topological polar surface area (TPSA) is 67.2 Å². The number of rotatable bonds is 4. The van der Waals surface area contributed by atoms with Crippen molar-refractivity contribution in [1.29, 1.82) is 0 Å². The van der Waals surface area contributed by atoms with E-state index in [4.69, 9.17) is 28.9 Å². The molecule has 0 saturated heterocycles. The lowest BCUT2D eigenvalue weighted by molar-refractivity contribution is 0.259. The number of carbonyl (C=O) groups excluding carboxylic acids is 1. The molecule has 2 rings (SSSR count). The Kier molecular flexibility index (Phi) is 4.71. The Morgan fingerprint density at radius 1 is 1.05 bits per heavy atom. The number of hydrogen-bond donors (Lipinski definition) is 3. The van der Waals surface area contributed by atoms with E-state index in [1.807, 2.05) is 24.3 Å². The molecule has 0 aliphatic carbocycles. The first-order valence-electron chi connectivity index (χ1n) is 5.89. The third-order valence-electron chi connectivity index (χ3n) is 2.67. The number of primary amides is 1. The zero-order valence-electron chi connectivity index (χ0n) is 10.5.